The maximum absolute atomic E-state index is 15.4. The average Bonchev–Trinajstić information content (AvgIpc) is 3.16. The third-order valence-corrected chi connectivity index (χ3v) is 17.3. The molecule has 0 aromatic heterocycles. The van der Waals surface area contributed by atoms with Gasteiger partial charge in [-0.2, -0.15) is 0 Å². The highest BCUT2D eigenvalue weighted by atomic mass is 28.3. The molecular weight excluding hydrogens is 751 g/mol. The van der Waals surface area contributed by atoms with Gasteiger partial charge in [-0.05, 0) is 54.2 Å². The molecule has 0 heterocycles. The second-order valence-corrected chi connectivity index (χ2v) is 22.6. The van der Waals surface area contributed by atoms with Crippen LogP contribution in [0.5, 0.6) is 0 Å². The molecule has 0 aliphatic heterocycles. The molecular formula is C42H28F10Si2. The number of benzene rings is 7. The predicted molar refractivity (Wildman–Crippen MR) is 198 cm³/mol. The van der Waals surface area contributed by atoms with Gasteiger partial charge in [0.05, 0.1) is 0 Å². The van der Waals surface area contributed by atoms with Crippen LogP contribution in [-0.2, 0) is 0 Å². The fourth-order valence-corrected chi connectivity index (χ4v) is 13.7. The van der Waals surface area contributed by atoms with Crippen molar-refractivity contribution in [2.24, 2.45) is 0 Å². The van der Waals surface area contributed by atoms with Crippen molar-refractivity contribution in [1.29, 1.82) is 0 Å². The minimum Gasteiger partial charge on any atom is -0.204 e. The van der Waals surface area contributed by atoms with E-state index in [9.17, 15) is 26.3 Å². The summed E-state index contributed by atoms with van der Waals surface area (Å²) in [7, 11) is -7.51. The predicted octanol–water partition coefficient (Wildman–Crippen LogP) is 10.4. The fourth-order valence-electron chi connectivity index (χ4n) is 7.78. The molecule has 0 spiro atoms. The molecule has 0 saturated carbocycles. The zero-order chi connectivity index (χ0) is 39.0. The van der Waals surface area contributed by atoms with Gasteiger partial charge in [-0.15, -0.1) is 0 Å². The molecule has 0 aliphatic carbocycles. The fraction of sp³-hybridized carbons (Fsp3) is 0.0952. The van der Waals surface area contributed by atoms with E-state index in [0.29, 0.717) is 54.2 Å². The summed E-state index contributed by atoms with van der Waals surface area (Å²) in [6.45, 7) is 6.02. The number of hydrogen-bond acceptors (Lipinski definition) is 0. The topological polar surface area (TPSA) is 0 Å². The molecule has 7 rings (SSSR count). The molecule has 7 aromatic rings. The Morgan fingerprint density at radius 3 is 0.796 bits per heavy atom. The first-order chi connectivity index (χ1) is 25.5. The first kappa shape index (κ1) is 37.1. The van der Waals surface area contributed by atoms with Gasteiger partial charge < -0.3 is 0 Å². The second kappa shape index (κ2) is 13.3. The van der Waals surface area contributed by atoms with Gasteiger partial charge >= 0.3 is 0 Å². The summed E-state index contributed by atoms with van der Waals surface area (Å²) >= 11 is 0. The molecule has 0 nitrogen and oxygen atoms in total. The molecule has 54 heavy (non-hydrogen) atoms. The molecule has 0 atom stereocenters. The maximum Gasteiger partial charge on any atom is 0.200 e. The molecule has 0 aliphatic rings. The lowest BCUT2D eigenvalue weighted by Gasteiger charge is -2.30. The van der Waals surface area contributed by atoms with Gasteiger partial charge in [0.25, 0.3) is 0 Å². The van der Waals surface area contributed by atoms with Gasteiger partial charge in [0.1, 0.15) is 16.1 Å². The van der Waals surface area contributed by atoms with Crippen molar-refractivity contribution in [3.8, 4) is 22.3 Å². The van der Waals surface area contributed by atoms with E-state index in [2.05, 4.69) is 0 Å². The molecule has 0 N–H and O–H groups in total. The summed E-state index contributed by atoms with van der Waals surface area (Å²) in [6.07, 6.45) is 0. The van der Waals surface area contributed by atoms with Crippen molar-refractivity contribution >= 4 is 58.4 Å². The van der Waals surface area contributed by atoms with Gasteiger partial charge in [-0.25, -0.2) is 43.9 Å². The highest BCUT2D eigenvalue weighted by molar-refractivity contribution is 7.02. The number of halogens is 10. The van der Waals surface area contributed by atoms with Crippen LogP contribution in [0.25, 0.3) is 43.8 Å². The standard InChI is InChI=1S/C42H28F10Si2/c1-53(2,41-37(49)33(45)31(43)34(46)38(41)50)27-19-11-9-17-25(27)29-21-13-5-7-15-23(21)30(24-16-8-6-14-22(24)29)26-18-10-12-20-28(26)54(3,4)42-39(51)35(47)32(44)36(48)40(42)52/h5-20H,1-4H3. The molecule has 0 saturated heterocycles. The number of rotatable bonds is 6. The van der Waals surface area contributed by atoms with Crippen LogP contribution in [0, 0.1) is 58.2 Å². The van der Waals surface area contributed by atoms with Crippen LogP contribution >= 0.6 is 0 Å². The van der Waals surface area contributed by atoms with Crippen LogP contribution in [0.4, 0.5) is 43.9 Å². The summed E-state index contributed by atoms with van der Waals surface area (Å²) in [4.78, 5) is 0. The summed E-state index contributed by atoms with van der Waals surface area (Å²) in [5.74, 6) is -20.2. The molecule has 0 amide bonds. The average molecular weight is 779 g/mol. The Bertz CT molecular complexity index is 2390. The third kappa shape index (κ3) is 5.40. The molecule has 0 unspecified atom stereocenters. The molecule has 12 heteroatoms. The summed E-state index contributed by atoms with van der Waals surface area (Å²) in [6, 6.07) is 27.6. The van der Waals surface area contributed by atoms with Crippen molar-refractivity contribution in [1.82, 2.24) is 0 Å². The molecule has 0 radical (unpaired) electrons. The van der Waals surface area contributed by atoms with Gasteiger partial charge in [-0.3, -0.25) is 0 Å². The Kier molecular flexibility index (Phi) is 9.13. The van der Waals surface area contributed by atoms with Crippen molar-refractivity contribution in [2.75, 3.05) is 0 Å². The highest BCUT2D eigenvalue weighted by Crippen LogP contribution is 2.44. The van der Waals surface area contributed by atoms with Crippen LogP contribution in [0.15, 0.2) is 97.1 Å². The lowest BCUT2D eigenvalue weighted by atomic mass is 9.86. The minimum absolute atomic E-state index is 0.386. The van der Waals surface area contributed by atoms with Crippen LogP contribution in [0.2, 0.25) is 26.2 Å². The third-order valence-electron chi connectivity index (χ3n) is 10.3. The molecule has 0 bridgehead atoms. The quantitative estimate of drug-likeness (QED) is 0.0519. The first-order valence-electron chi connectivity index (χ1n) is 16.7. The monoisotopic (exact) mass is 778 g/mol. The van der Waals surface area contributed by atoms with Crippen molar-refractivity contribution in [2.45, 2.75) is 26.2 Å². The maximum atomic E-state index is 15.4. The Morgan fingerprint density at radius 1 is 0.296 bits per heavy atom. The van der Waals surface area contributed by atoms with Gasteiger partial charge in [0.2, 0.25) is 11.6 Å². The van der Waals surface area contributed by atoms with Crippen LogP contribution in [-0.4, -0.2) is 16.1 Å². The van der Waals surface area contributed by atoms with E-state index >= 15 is 17.6 Å². The van der Waals surface area contributed by atoms with E-state index < -0.39 is 84.7 Å². The molecule has 0 fully saturated rings. The minimum atomic E-state index is -3.76. The Balaban J connectivity index is 1.56. The normalized spacial score (nSPS) is 12.3. The molecule has 7 aromatic carbocycles. The van der Waals surface area contributed by atoms with Crippen molar-refractivity contribution in [3.63, 3.8) is 0 Å². The zero-order valence-corrected chi connectivity index (χ0v) is 31.0. The van der Waals surface area contributed by atoms with E-state index in [4.69, 9.17) is 0 Å². The molecule has 274 valence electrons. The summed E-state index contributed by atoms with van der Waals surface area (Å²) < 4.78 is 148. The van der Waals surface area contributed by atoms with E-state index in [1.165, 1.54) is 26.2 Å². The lowest BCUT2D eigenvalue weighted by molar-refractivity contribution is 0.383. The first-order valence-corrected chi connectivity index (χ1v) is 22.7. The van der Waals surface area contributed by atoms with E-state index in [-0.39, 0.29) is 0 Å². The van der Waals surface area contributed by atoms with E-state index in [1.54, 1.807) is 97.1 Å². The lowest BCUT2D eigenvalue weighted by Crippen LogP contribution is -2.57. The van der Waals surface area contributed by atoms with Gasteiger partial charge in [-0.1, -0.05) is 123 Å². The smallest absolute Gasteiger partial charge is 0.200 e. The summed E-state index contributed by atoms with van der Waals surface area (Å²) in [5.41, 5.74) is 2.17. The largest absolute Gasteiger partial charge is 0.204 e. The second-order valence-electron chi connectivity index (χ2n) is 14.1. The SMILES string of the molecule is C[Si](C)(c1ccccc1-c1c2ccccc2c(-c2ccccc2[Si](C)(C)c2c(F)c(F)c(F)c(F)c2F)c2ccccc12)c1c(F)c(F)c(F)c(F)c1F. The Hall–Kier alpha value is -5.21. The zero-order valence-electron chi connectivity index (χ0n) is 29.0. The number of fused-ring (bicyclic) bond motifs is 2. The van der Waals surface area contributed by atoms with Gasteiger partial charge in [0.15, 0.2) is 46.5 Å². The van der Waals surface area contributed by atoms with Crippen molar-refractivity contribution < 1.29 is 43.9 Å². The Labute approximate surface area is 305 Å². The van der Waals surface area contributed by atoms with E-state index in [1.807, 2.05) is 0 Å². The number of hydrogen-bond donors (Lipinski definition) is 0. The van der Waals surface area contributed by atoms with Crippen LogP contribution < -0.4 is 20.7 Å². The highest BCUT2D eigenvalue weighted by Gasteiger charge is 2.41. The van der Waals surface area contributed by atoms with Crippen LogP contribution in [0.3, 0.4) is 0 Å². The van der Waals surface area contributed by atoms with Crippen molar-refractivity contribution in [3.05, 3.63) is 155 Å². The van der Waals surface area contributed by atoms with Crippen LogP contribution in [0.1, 0.15) is 0 Å². The van der Waals surface area contributed by atoms with E-state index in [0.717, 1.165) is 0 Å². The van der Waals surface area contributed by atoms with Gasteiger partial charge in [0, 0.05) is 10.4 Å². The Morgan fingerprint density at radius 2 is 0.519 bits per heavy atom. The summed E-state index contributed by atoms with van der Waals surface area (Å²) in [5, 5.41) is 1.50.